The van der Waals surface area contributed by atoms with Crippen molar-refractivity contribution in [2.45, 2.75) is 39.2 Å². The van der Waals surface area contributed by atoms with Crippen LogP contribution in [-0.2, 0) is 16.0 Å². The van der Waals surface area contributed by atoms with Crippen LogP contribution in [0.15, 0.2) is 18.2 Å². The molecule has 2 aliphatic rings. The van der Waals surface area contributed by atoms with Gasteiger partial charge in [0.2, 0.25) is 5.91 Å². The van der Waals surface area contributed by atoms with Crippen molar-refractivity contribution in [1.29, 1.82) is 0 Å². The van der Waals surface area contributed by atoms with Crippen molar-refractivity contribution in [3.8, 4) is 0 Å². The van der Waals surface area contributed by atoms with Gasteiger partial charge in [0.1, 0.15) is 0 Å². The Bertz CT molecular complexity index is 639. The summed E-state index contributed by atoms with van der Waals surface area (Å²) in [7, 11) is 0. The average Bonchev–Trinajstić information content (AvgIpc) is 2.95. The number of morpholine rings is 1. The lowest BCUT2D eigenvalue weighted by Crippen LogP contribution is -2.50. The molecule has 3 rings (SSSR count). The van der Waals surface area contributed by atoms with Gasteiger partial charge in [-0.2, -0.15) is 0 Å². The zero-order valence-electron chi connectivity index (χ0n) is 14.1. The maximum atomic E-state index is 12.7. The number of ether oxygens (including phenoxy) is 1. The second kappa shape index (κ2) is 5.96. The summed E-state index contributed by atoms with van der Waals surface area (Å²) in [6.45, 7) is 8.39. The van der Waals surface area contributed by atoms with Crippen molar-refractivity contribution in [3.05, 3.63) is 29.3 Å². The van der Waals surface area contributed by atoms with E-state index in [2.05, 4.69) is 0 Å². The zero-order chi connectivity index (χ0) is 16.6. The molecule has 23 heavy (non-hydrogen) atoms. The van der Waals surface area contributed by atoms with Crippen molar-refractivity contribution in [1.82, 2.24) is 4.90 Å². The first kappa shape index (κ1) is 16.0. The molecule has 0 spiro atoms. The van der Waals surface area contributed by atoms with Gasteiger partial charge in [0.05, 0.1) is 12.2 Å². The lowest BCUT2D eigenvalue weighted by Gasteiger charge is -2.38. The Morgan fingerprint density at radius 2 is 2.04 bits per heavy atom. The van der Waals surface area contributed by atoms with Crippen LogP contribution in [0.25, 0.3) is 0 Å². The van der Waals surface area contributed by atoms with Gasteiger partial charge in [-0.25, -0.2) is 0 Å². The standard InChI is InChI=1S/C18H24N2O3/c1-4-16(21)20-8-7-13-11-14(5-6-15(13)20)17(22)19-9-10-23-18(2,3)12-19/h5-6,11H,4,7-10,12H2,1-3H3. The first-order valence-corrected chi connectivity index (χ1v) is 8.28. The quantitative estimate of drug-likeness (QED) is 0.841. The van der Waals surface area contributed by atoms with Crippen LogP contribution >= 0.6 is 0 Å². The van der Waals surface area contributed by atoms with Crippen LogP contribution in [0.2, 0.25) is 0 Å². The molecule has 0 atom stereocenters. The van der Waals surface area contributed by atoms with Crippen molar-refractivity contribution < 1.29 is 14.3 Å². The van der Waals surface area contributed by atoms with E-state index in [0.29, 0.717) is 38.2 Å². The summed E-state index contributed by atoms with van der Waals surface area (Å²) in [4.78, 5) is 28.4. The predicted octanol–water partition coefficient (Wildman–Crippen LogP) is 2.24. The van der Waals surface area contributed by atoms with E-state index in [0.717, 1.165) is 17.7 Å². The number of carbonyl (C=O) groups excluding carboxylic acids is 2. The van der Waals surface area contributed by atoms with Crippen LogP contribution in [-0.4, -0.2) is 48.6 Å². The first-order valence-electron chi connectivity index (χ1n) is 8.28. The lowest BCUT2D eigenvalue weighted by molar-refractivity contribution is -0.118. The van der Waals surface area contributed by atoms with Crippen molar-refractivity contribution in [2.24, 2.45) is 0 Å². The molecular weight excluding hydrogens is 292 g/mol. The average molecular weight is 316 g/mol. The van der Waals surface area contributed by atoms with E-state index in [1.807, 2.05) is 48.8 Å². The number of benzene rings is 1. The number of nitrogens with zero attached hydrogens (tertiary/aromatic N) is 2. The van der Waals surface area contributed by atoms with Crippen molar-refractivity contribution in [2.75, 3.05) is 31.1 Å². The van der Waals surface area contributed by atoms with Crippen LogP contribution in [0.1, 0.15) is 43.1 Å². The molecule has 1 aromatic rings. The number of rotatable bonds is 2. The Morgan fingerprint density at radius 1 is 1.26 bits per heavy atom. The highest BCUT2D eigenvalue weighted by Crippen LogP contribution is 2.30. The summed E-state index contributed by atoms with van der Waals surface area (Å²) in [5.41, 5.74) is 2.45. The van der Waals surface area contributed by atoms with E-state index in [-0.39, 0.29) is 17.4 Å². The summed E-state index contributed by atoms with van der Waals surface area (Å²) in [6.07, 6.45) is 1.32. The second-order valence-corrected chi connectivity index (χ2v) is 6.83. The molecule has 0 unspecified atom stereocenters. The lowest BCUT2D eigenvalue weighted by atomic mass is 10.0. The topological polar surface area (TPSA) is 49.9 Å². The van der Waals surface area contributed by atoms with Gasteiger partial charge in [0.25, 0.3) is 5.91 Å². The smallest absolute Gasteiger partial charge is 0.254 e. The summed E-state index contributed by atoms with van der Waals surface area (Å²) in [5, 5.41) is 0. The molecular formula is C18H24N2O3. The molecule has 1 fully saturated rings. The van der Waals surface area contributed by atoms with Gasteiger partial charge in [-0.1, -0.05) is 6.92 Å². The second-order valence-electron chi connectivity index (χ2n) is 6.83. The molecule has 0 bridgehead atoms. The molecule has 5 nitrogen and oxygen atoms in total. The molecule has 0 radical (unpaired) electrons. The van der Waals surface area contributed by atoms with E-state index in [1.54, 1.807) is 0 Å². The highest BCUT2D eigenvalue weighted by atomic mass is 16.5. The summed E-state index contributed by atoms with van der Waals surface area (Å²) < 4.78 is 5.67. The van der Waals surface area contributed by atoms with E-state index >= 15 is 0 Å². The van der Waals surface area contributed by atoms with Crippen LogP contribution in [0.4, 0.5) is 5.69 Å². The number of hydrogen-bond acceptors (Lipinski definition) is 3. The summed E-state index contributed by atoms with van der Waals surface area (Å²) in [5.74, 6) is 0.183. The van der Waals surface area contributed by atoms with E-state index in [9.17, 15) is 9.59 Å². The number of amides is 2. The summed E-state index contributed by atoms with van der Waals surface area (Å²) in [6, 6.07) is 5.70. The molecule has 5 heteroatoms. The maximum Gasteiger partial charge on any atom is 0.254 e. The van der Waals surface area contributed by atoms with Crippen molar-refractivity contribution in [3.63, 3.8) is 0 Å². The zero-order valence-corrected chi connectivity index (χ0v) is 14.1. The molecule has 0 saturated carbocycles. The van der Waals surface area contributed by atoms with Gasteiger partial charge in [-0.05, 0) is 44.0 Å². The molecule has 2 heterocycles. The van der Waals surface area contributed by atoms with Crippen LogP contribution in [0, 0.1) is 0 Å². The SMILES string of the molecule is CCC(=O)N1CCc2cc(C(=O)N3CCOC(C)(C)C3)ccc21. The van der Waals surface area contributed by atoms with E-state index in [4.69, 9.17) is 4.74 Å². The van der Waals surface area contributed by atoms with Crippen molar-refractivity contribution >= 4 is 17.5 Å². The molecule has 1 aromatic carbocycles. The predicted molar refractivity (Wildman–Crippen MR) is 88.7 cm³/mol. The monoisotopic (exact) mass is 316 g/mol. The molecule has 1 saturated heterocycles. The Labute approximate surface area is 137 Å². The highest BCUT2D eigenvalue weighted by molar-refractivity contribution is 5.98. The number of fused-ring (bicyclic) bond motifs is 1. The fourth-order valence-electron chi connectivity index (χ4n) is 3.36. The number of carbonyl (C=O) groups is 2. The third-order valence-electron chi connectivity index (χ3n) is 4.54. The summed E-state index contributed by atoms with van der Waals surface area (Å²) >= 11 is 0. The first-order chi connectivity index (χ1) is 10.9. The maximum absolute atomic E-state index is 12.7. The molecule has 124 valence electrons. The third kappa shape index (κ3) is 3.11. The molecule has 2 amide bonds. The van der Waals surface area contributed by atoms with Gasteiger partial charge in [-0.15, -0.1) is 0 Å². The number of hydrogen-bond donors (Lipinski definition) is 0. The van der Waals surface area contributed by atoms with E-state index in [1.165, 1.54) is 0 Å². The van der Waals surface area contributed by atoms with Gasteiger partial charge >= 0.3 is 0 Å². The Balaban J connectivity index is 1.80. The van der Waals surface area contributed by atoms with E-state index < -0.39 is 0 Å². The molecule has 0 N–H and O–H groups in total. The van der Waals surface area contributed by atoms with Crippen LogP contribution in [0.5, 0.6) is 0 Å². The van der Waals surface area contributed by atoms with Gasteiger partial charge in [-0.3, -0.25) is 9.59 Å². The Morgan fingerprint density at radius 3 is 2.74 bits per heavy atom. The molecule has 0 aliphatic carbocycles. The molecule has 2 aliphatic heterocycles. The van der Waals surface area contributed by atoms with Gasteiger partial charge < -0.3 is 14.5 Å². The molecule has 0 aromatic heterocycles. The fraction of sp³-hybridized carbons (Fsp3) is 0.556. The van der Waals surface area contributed by atoms with Crippen LogP contribution < -0.4 is 4.90 Å². The number of anilines is 1. The minimum Gasteiger partial charge on any atom is -0.372 e. The fourth-order valence-corrected chi connectivity index (χ4v) is 3.36. The minimum atomic E-state index is -0.297. The minimum absolute atomic E-state index is 0.0458. The van der Waals surface area contributed by atoms with Gasteiger partial charge in [0, 0.05) is 37.3 Å². The van der Waals surface area contributed by atoms with Gasteiger partial charge in [0.15, 0.2) is 0 Å². The largest absolute Gasteiger partial charge is 0.372 e. The normalized spacial score (nSPS) is 19.6. The third-order valence-corrected chi connectivity index (χ3v) is 4.54. The van der Waals surface area contributed by atoms with Crippen LogP contribution in [0.3, 0.4) is 0 Å². The highest BCUT2D eigenvalue weighted by Gasteiger charge is 2.31. The Hall–Kier alpha value is -1.88. The Kier molecular flexibility index (Phi) is 4.15.